The van der Waals surface area contributed by atoms with Gasteiger partial charge in [0.15, 0.2) is 6.61 Å². The second-order valence-corrected chi connectivity index (χ2v) is 6.56. The van der Waals surface area contributed by atoms with Crippen LogP contribution in [0.15, 0.2) is 51.7 Å². The summed E-state index contributed by atoms with van der Waals surface area (Å²) in [5.41, 5.74) is -0.885. The van der Waals surface area contributed by atoms with E-state index in [0.29, 0.717) is 12.0 Å². The zero-order valence-electron chi connectivity index (χ0n) is 15.1. The average molecular weight is 426 g/mol. The van der Waals surface area contributed by atoms with Crippen LogP contribution in [-0.4, -0.2) is 12.5 Å². The Balaban J connectivity index is 1.74. The molecule has 5 nitrogen and oxygen atoms in total. The van der Waals surface area contributed by atoms with Crippen LogP contribution in [0.25, 0.3) is 11.0 Å². The van der Waals surface area contributed by atoms with Crippen molar-refractivity contribution in [3.05, 3.63) is 69.0 Å². The van der Waals surface area contributed by atoms with E-state index in [0.717, 1.165) is 23.1 Å². The summed E-state index contributed by atoms with van der Waals surface area (Å²) in [5.74, 6) is -0.558. The lowest BCUT2D eigenvalue weighted by atomic mass is 10.1. The van der Waals surface area contributed by atoms with Gasteiger partial charge in [-0.2, -0.15) is 13.2 Å². The Labute approximate surface area is 168 Å². The molecule has 3 rings (SSSR count). The summed E-state index contributed by atoms with van der Waals surface area (Å²) in [7, 11) is 0. The molecule has 0 saturated carbocycles. The molecule has 1 aromatic heterocycles. The fourth-order valence-corrected chi connectivity index (χ4v) is 2.96. The van der Waals surface area contributed by atoms with Gasteiger partial charge in [0, 0.05) is 22.5 Å². The molecule has 9 heteroatoms. The third-order valence-electron chi connectivity index (χ3n) is 4.11. The SMILES string of the molecule is CCc1cc(=O)oc2cc(OCC(=O)Nc3ccc(Cl)cc3C(F)(F)F)ccc12. The molecule has 0 aliphatic rings. The van der Waals surface area contributed by atoms with Gasteiger partial charge in [0.1, 0.15) is 11.3 Å². The van der Waals surface area contributed by atoms with Crippen molar-refractivity contribution in [2.24, 2.45) is 0 Å². The summed E-state index contributed by atoms with van der Waals surface area (Å²) >= 11 is 5.61. The number of nitrogens with one attached hydrogen (secondary N) is 1. The van der Waals surface area contributed by atoms with E-state index in [1.54, 1.807) is 12.1 Å². The molecule has 0 radical (unpaired) electrons. The van der Waals surface area contributed by atoms with E-state index in [2.05, 4.69) is 5.32 Å². The number of anilines is 1. The fraction of sp³-hybridized carbons (Fsp3) is 0.200. The van der Waals surface area contributed by atoms with Crippen LogP contribution < -0.4 is 15.7 Å². The third-order valence-corrected chi connectivity index (χ3v) is 4.35. The summed E-state index contributed by atoms with van der Waals surface area (Å²) in [4.78, 5) is 23.7. The van der Waals surface area contributed by atoms with E-state index in [4.69, 9.17) is 20.8 Å². The van der Waals surface area contributed by atoms with E-state index in [9.17, 15) is 22.8 Å². The van der Waals surface area contributed by atoms with E-state index >= 15 is 0 Å². The minimum atomic E-state index is -4.68. The molecule has 0 aliphatic heterocycles. The normalized spacial score (nSPS) is 11.5. The number of aryl methyl sites for hydroxylation is 1. The maximum absolute atomic E-state index is 13.1. The molecule has 0 spiro atoms. The zero-order chi connectivity index (χ0) is 21.2. The molecule has 0 aliphatic carbocycles. The van der Waals surface area contributed by atoms with E-state index in [1.165, 1.54) is 18.2 Å². The van der Waals surface area contributed by atoms with Gasteiger partial charge in [0.25, 0.3) is 5.91 Å². The fourth-order valence-electron chi connectivity index (χ4n) is 2.79. The number of rotatable bonds is 5. The molecule has 2 aromatic carbocycles. The van der Waals surface area contributed by atoms with Gasteiger partial charge in [-0.1, -0.05) is 18.5 Å². The van der Waals surface area contributed by atoms with Gasteiger partial charge in [-0.15, -0.1) is 0 Å². The van der Waals surface area contributed by atoms with Crippen LogP contribution in [0.4, 0.5) is 18.9 Å². The molecule has 0 fully saturated rings. The molecular weight excluding hydrogens is 411 g/mol. The number of benzene rings is 2. The Bertz CT molecular complexity index is 1120. The van der Waals surface area contributed by atoms with Crippen molar-refractivity contribution < 1.29 is 27.1 Å². The molecule has 29 heavy (non-hydrogen) atoms. The van der Waals surface area contributed by atoms with Crippen molar-refractivity contribution in [1.29, 1.82) is 0 Å². The van der Waals surface area contributed by atoms with Crippen molar-refractivity contribution in [2.75, 3.05) is 11.9 Å². The van der Waals surface area contributed by atoms with Gasteiger partial charge in [0.2, 0.25) is 0 Å². The van der Waals surface area contributed by atoms with Crippen molar-refractivity contribution in [2.45, 2.75) is 19.5 Å². The second-order valence-electron chi connectivity index (χ2n) is 6.13. The molecule has 1 N–H and O–H groups in total. The number of carbonyl (C=O) groups excluding carboxylic acids is 1. The van der Waals surface area contributed by atoms with Crippen LogP contribution in [0, 0.1) is 0 Å². The number of halogens is 4. The van der Waals surface area contributed by atoms with Crippen LogP contribution in [-0.2, 0) is 17.4 Å². The average Bonchev–Trinajstić information content (AvgIpc) is 2.66. The minimum Gasteiger partial charge on any atom is -0.484 e. The molecule has 0 unspecified atom stereocenters. The Morgan fingerprint density at radius 2 is 1.93 bits per heavy atom. The van der Waals surface area contributed by atoms with Crippen LogP contribution in [0.1, 0.15) is 18.1 Å². The predicted octanol–water partition coefficient (Wildman–Crippen LogP) is 5.05. The van der Waals surface area contributed by atoms with Crippen molar-refractivity contribution in [3.8, 4) is 5.75 Å². The first-order chi connectivity index (χ1) is 13.7. The van der Waals surface area contributed by atoms with Gasteiger partial charge in [-0.05, 0) is 42.3 Å². The number of fused-ring (bicyclic) bond motifs is 1. The number of amides is 1. The van der Waals surface area contributed by atoms with E-state index in [1.807, 2.05) is 6.92 Å². The standard InChI is InChI=1S/C20H15ClF3NO4/c1-2-11-7-19(27)29-17-9-13(4-5-14(11)17)28-10-18(26)25-16-6-3-12(21)8-15(16)20(22,23)24/h3-9H,2,10H2,1H3,(H,25,26). The highest BCUT2D eigenvalue weighted by molar-refractivity contribution is 6.30. The number of ether oxygens (including phenoxy) is 1. The van der Waals surface area contributed by atoms with Crippen LogP contribution >= 0.6 is 11.6 Å². The summed E-state index contributed by atoms with van der Waals surface area (Å²) in [5, 5.41) is 2.80. The monoisotopic (exact) mass is 425 g/mol. The zero-order valence-corrected chi connectivity index (χ0v) is 15.9. The first-order valence-electron chi connectivity index (χ1n) is 8.53. The van der Waals surface area contributed by atoms with Gasteiger partial charge in [0.05, 0.1) is 11.3 Å². The van der Waals surface area contributed by atoms with Gasteiger partial charge in [-0.3, -0.25) is 4.79 Å². The largest absolute Gasteiger partial charge is 0.484 e. The van der Waals surface area contributed by atoms with Crippen LogP contribution in [0.3, 0.4) is 0 Å². The van der Waals surface area contributed by atoms with Crippen molar-refractivity contribution in [3.63, 3.8) is 0 Å². The number of alkyl halides is 3. The first-order valence-corrected chi connectivity index (χ1v) is 8.91. The smallest absolute Gasteiger partial charge is 0.418 e. The quantitative estimate of drug-likeness (QED) is 0.581. The van der Waals surface area contributed by atoms with Crippen LogP contribution in [0.2, 0.25) is 5.02 Å². The van der Waals surface area contributed by atoms with E-state index < -0.39 is 35.6 Å². The molecule has 3 aromatic rings. The predicted molar refractivity (Wildman–Crippen MR) is 102 cm³/mol. The molecule has 0 saturated heterocycles. The summed E-state index contributed by atoms with van der Waals surface area (Å²) < 4.78 is 49.8. The summed E-state index contributed by atoms with van der Waals surface area (Å²) in [6.45, 7) is 1.36. The molecular formula is C20H15ClF3NO4. The lowest BCUT2D eigenvalue weighted by Crippen LogP contribution is -2.22. The lowest BCUT2D eigenvalue weighted by molar-refractivity contribution is -0.137. The highest BCUT2D eigenvalue weighted by Gasteiger charge is 2.34. The highest BCUT2D eigenvalue weighted by Crippen LogP contribution is 2.36. The summed E-state index contributed by atoms with van der Waals surface area (Å²) in [6.07, 6.45) is -4.05. The summed E-state index contributed by atoms with van der Waals surface area (Å²) in [6, 6.07) is 9.16. The Hall–Kier alpha value is -3.00. The number of carbonyl (C=O) groups is 1. The Morgan fingerprint density at radius 1 is 1.17 bits per heavy atom. The molecule has 1 amide bonds. The molecule has 0 bridgehead atoms. The minimum absolute atomic E-state index is 0.101. The molecule has 0 atom stereocenters. The third kappa shape index (κ3) is 4.89. The number of hydrogen-bond donors (Lipinski definition) is 1. The van der Waals surface area contributed by atoms with Gasteiger partial charge in [-0.25, -0.2) is 4.79 Å². The molecule has 1 heterocycles. The highest BCUT2D eigenvalue weighted by atomic mass is 35.5. The topological polar surface area (TPSA) is 68.5 Å². The Kier molecular flexibility index (Phi) is 5.83. The Morgan fingerprint density at radius 3 is 2.62 bits per heavy atom. The first kappa shape index (κ1) is 20.7. The maximum Gasteiger partial charge on any atom is 0.418 e. The van der Waals surface area contributed by atoms with Crippen molar-refractivity contribution in [1.82, 2.24) is 0 Å². The van der Waals surface area contributed by atoms with Gasteiger partial charge >= 0.3 is 11.8 Å². The van der Waals surface area contributed by atoms with E-state index in [-0.39, 0.29) is 10.8 Å². The lowest BCUT2D eigenvalue weighted by Gasteiger charge is -2.14. The van der Waals surface area contributed by atoms with Crippen LogP contribution in [0.5, 0.6) is 5.75 Å². The van der Waals surface area contributed by atoms with Crippen molar-refractivity contribution >= 4 is 34.2 Å². The van der Waals surface area contributed by atoms with Gasteiger partial charge < -0.3 is 14.5 Å². The molecule has 152 valence electrons. The number of hydrogen-bond acceptors (Lipinski definition) is 4. The second kappa shape index (κ2) is 8.16. The maximum atomic E-state index is 13.1.